The number of pyridine rings is 1. The highest BCUT2D eigenvalue weighted by atomic mass is 35.5. The smallest absolute Gasteiger partial charge is 0.255 e. The highest BCUT2D eigenvalue weighted by molar-refractivity contribution is 6.29. The van der Waals surface area contributed by atoms with Crippen molar-refractivity contribution in [3.05, 3.63) is 29.0 Å². The van der Waals surface area contributed by atoms with Gasteiger partial charge in [0.25, 0.3) is 5.91 Å². The molecule has 0 fully saturated rings. The molecule has 1 rings (SSSR count). The molecule has 1 heterocycles. The molecular formula is C13H20ClN3O. The van der Waals surface area contributed by atoms with Gasteiger partial charge in [0.2, 0.25) is 0 Å². The summed E-state index contributed by atoms with van der Waals surface area (Å²) in [7, 11) is 4.00. The minimum Gasteiger partial charge on any atom is -0.337 e. The Morgan fingerprint density at radius 2 is 2.00 bits per heavy atom. The Kier molecular flexibility index (Phi) is 6.09. The van der Waals surface area contributed by atoms with Gasteiger partial charge in [-0.2, -0.15) is 0 Å². The Morgan fingerprint density at radius 1 is 1.28 bits per heavy atom. The SMILES string of the molecule is CCCN(CCN(C)C)C(=O)c1ccc(Cl)nc1. The van der Waals surface area contributed by atoms with Gasteiger partial charge in [0, 0.05) is 25.8 Å². The van der Waals surface area contributed by atoms with Crippen LogP contribution in [-0.2, 0) is 0 Å². The van der Waals surface area contributed by atoms with E-state index in [1.807, 2.05) is 19.0 Å². The Balaban J connectivity index is 2.72. The third kappa shape index (κ3) is 4.63. The Labute approximate surface area is 114 Å². The molecule has 4 nitrogen and oxygen atoms in total. The van der Waals surface area contributed by atoms with Crippen molar-refractivity contribution in [2.75, 3.05) is 33.7 Å². The molecule has 1 aromatic heterocycles. The van der Waals surface area contributed by atoms with Crippen LogP contribution in [0.2, 0.25) is 5.15 Å². The van der Waals surface area contributed by atoms with Gasteiger partial charge in [-0.15, -0.1) is 0 Å². The average molecular weight is 270 g/mol. The van der Waals surface area contributed by atoms with Gasteiger partial charge in [0.05, 0.1) is 5.56 Å². The first-order chi connectivity index (χ1) is 8.54. The lowest BCUT2D eigenvalue weighted by Gasteiger charge is -2.23. The fourth-order valence-electron chi connectivity index (χ4n) is 1.59. The van der Waals surface area contributed by atoms with E-state index in [4.69, 9.17) is 11.6 Å². The van der Waals surface area contributed by atoms with Crippen LogP contribution in [0, 0.1) is 0 Å². The van der Waals surface area contributed by atoms with Crippen molar-refractivity contribution in [1.82, 2.24) is 14.8 Å². The first-order valence-electron chi connectivity index (χ1n) is 6.10. The number of carbonyl (C=O) groups excluding carboxylic acids is 1. The van der Waals surface area contributed by atoms with Crippen LogP contribution in [0.15, 0.2) is 18.3 Å². The molecule has 0 aliphatic heterocycles. The van der Waals surface area contributed by atoms with Crippen molar-refractivity contribution in [2.24, 2.45) is 0 Å². The van der Waals surface area contributed by atoms with E-state index in [9.17, 15) is 4.79 Å². The molecule has 18 heavy (non-hydrogen) atoms. The molecule has 0 N–H and O–H groups in total. The van der Waals surface area contributed by atoms with Gasteiger partial charge in [-0.25, -0.2) is 4.98 Å². The lowest BCUT2D eigenvalue weighted by Crippen LogP contribution is -2.37. The molecule has 0 bridgehead atoms. The molecule has 0 unspecified atom stereocenters. The van der Waals surface area contributed by atoms with Gasteiger partial charge in [0.1, 0.15) is 5.15 Å². The molecule has 1 amide bonds. The maximum absolute atomic E-state index is 12.3. The zero-order chi connectivity index (χ0) is 13.5. The van der Waals surface area contributed by atoms with E-state index in [1.165, 1.54) is 6.20 Å². The summed E-state index contributed by atoms with van der Waals surface area (Å²) in [6.07, 6.45) is 2.48. The fraction of sp³-hybridized carbons (Fsp3) is 0.538. The second-order valence-electron chi connectivity index (χ2n) is 4.47. The molecule has 0 aromatic carbocycles. The van der Waals surface area contributed by atoms with Gasteiger partial charge >= 0.3 is 0 Å². The molecule has 0 atom stereocenters. The number of halogens is 1. The first kappa shape index (κ1) is 14.9. The predicted molar refractivity (Wildman–Crippen MR) is 74.0 cm³/mol. The molecular weight excluding hydrogens is 250 g/mol. The van der Waals surface area contributed by atoms with E-state index in [2.05, 4.69) is 16.8 Å². The average Bonchev–Trinajstić information content (AvgIpc) is 2.34. The summed E-state index contributed by atoms with van der Waals surface area (Å²) in [6.45, 7) is 4.40. The molecule has 100 valence electrons. The van der Waals surface area contributed by atoms with Crippen LogP contribution in [0.3, 0.4) is 0 Å². The number of hydrogen-bond donors (Lipinski definition) is 0. The summed E-state index contributed by atoms with van der Waals surface area (Å²) in [4.78, 5) is 20.1. The highest BCUT2D eigenvalue weighted by Crippen LogP contribution is 2.08. The summed E-state index contributed by atoms with van der Waals surface area (Å²) in [6, 6.07) is 3.36. The molecule has 5 heteroatoms. The first-order valence-corrected chi connectivity index (χ1v) is 6.48. The van der Waals surface area contributed by atoms with Crippen molar-refractivity contribution in [1.29, 1.82) is 0 Å². The van der Waals surface area contributed by atoms with Crippen LogP contribution < -0.4 is 0 Å². The summed E-state index contributed by atoms with van der Waals surface area (Å²) in [5.41, 5.74) is 0.589. The molecule has 0 saturated carbocycles. The summed E-state index contributed by atoms with van der Waals surface area (Å²) < 4.78 is 0. The van der Waals surface area contributed by atoms with E-state index in [1.54, 1.807) is 12.1 Å². The Morgan fingerprint density at radius 3 is 2.50 bits per heavy atom. The van der Waals surface area contributed by atoms with Crippen LogP contribution in [0.25, 0.3) is 0 Å². The van der Waals surface area contributed by atoms with E-state index >= 15 is 0 Å². The zero-order valence-corrected chi connectivity index (χ0v) is 11.9. The Hall–Kier alpha value is -1.13. The number of nitrogens with zero attached hydrogens (tertiary/aromatic N) is 3. The summed E-state index contributed by atoms with van der Waals surface area (Å²) in [5.74, 6) is 0.0165. The lowest BCUT2D eigenvalue weighted by molar-refractivity contribution is 0.0744. The van der Waals surface area contributed by atoms with Crippen LogP contribution >= 0.6 is 11.6 Å². The normalized spacial score (nSPS) is 10.7. The molecule has 0 aliphatic rings. The summed E-state index contributed by atoms with van der Waals surface area (Å²) >= 11 is 5.72. The van der Waals surface area contributed by atoms with Crippen molar-refractivity contribution in [2.45, 2.75) is 13.3 Å². The number of hydrogen-bond acceptors (Lipinski definition) is 3. The maximum Gasteiger partial charge on any atom is 0.255 e. The number of amides is 1. The third-order valence-electron chi connectivity index (χ3n) is 2.57. The van der Waals surface area contributed by atoms with Gasteiger partial charge in [-0.3, -0.25) is 4.79 Å². The van der Waals surface area contributed by atoms with Crippen molar-refractivity contribution in [3.8, 4) is 0 Å². The minimum absolute atomic E-state index is 0.0165. The monoisotopic (exact) mass is 269 g/mol. The van der Waals surface area contributed by atoms with Crippen molar-refractivity contribution in [3.63, 3.8) is 0 Å². The van der Waals surface area contributed by atoms with Crippen LogP contribution in [0.5, 0.6) is 0 Å². The van der Waals surface area contributed by atoms with Gasteiger partial charge in [-0.1, -0.05) is 18.5 Å². The highest BCUT2D eigenvalue weighted by Gasteiger charge is 2.15. The van der Waals surface area contributed by atoms with E-state index in [0.717, 1.165) is 26.1 Å². The van der Waals surface area contributed by atoms with E-state index in [-0.39, 0.29) is 5.91 Å². The second-order valence-corrected chi connectivity index (χ2v) is 4.85. The lowest BCUT2D eigenvalue weighted by atomic mass is 10.2. The molecule has 0 aliphatic carbocycles. The molecule has 0 saturated heterocycles. The van der Waals surface area contributed by atoms with Gasteiger partial charge in [-0.05, 0) is 32.6 Å². The van der Waals surface area contributed by atoms with Gasteiger partial charge < -0.3 is 9.80 Å². The topological polar surface area (TPSA) is 36.4 Å². The number of likely N-dealkylation sites (N-methyl/N-ethyl adjacent to an activating group) is 1. The quantitative estimate of drug-likeness (QED) is 0.743. The van der Waals surface area contributed by atoms with Crippen molar-refractivity contribution < 1.29 is 4.79 Å². The van der Waals surface area contributed by atoms with Crippen LogP contribution in [0.1, 0.15) is 23.7 Å². The number of aromatic nitrogens is 1. The molecule has 0 radical (unpaired) electrons. The third-order valence-corrected chi connectivity index (χ3v) is 2.80. The standard InChI is InChI=1S/C13H20ClN3O/c1-4-7-17(9-8-16(2)3)13(18)11-5-6-12(14)15-10-11/h5-6,10H,4,7-9H2,1-3H3. The maximum atomic E-state index is 12.3. The van der Waals surface area contributed by atoms with E-state index in [0.29, 0.717) is 10.7 Å². The van der Waals surface area contributed by atoms with Crippen LogP contribution in [-0.4, -0.2) is 54.4 Å². The van der Waals surface area contributed by atoms with E-state index < -0.39 is 0 Å². The molecule has 1 aromatic rings. The summed E-state index contributed by atoms with van der Waals surface area (Å²) in [5, 5.41) is 0.405. The second kappa shape index (κ2) is 7.34. The zero-order valence-electron chi connectivity index (χ0n) is 11.2. The Bertz CT molecular complexity index is 378. The number of carbonyl (C=O) groups is 1. The fourth-order valence-corrected chi connectivity index (χ4v) is 1.70. The van der Waals surface area contributed by atoms with Gasteiger partial charge in [0.15, 0.2) is 0 Å². The van der Waals surface area contributed by atoms with Crippen molar-refractivity contribution >= 4 is 17.5 Å². The number of rotatable bonds is 6. The largest absolute Gasteiger partial charge is 0.337 e. The predicted octanol–water partition coefficient (Wildman–Crippen LogP) is 2.15. The minimum atomic E-state index is 0.0165. The van der Waals surface area contributed by atoms with Crippen LogP contribution in [0.4, 0.5) is 0 Å². The molecule has 0 spiro atoms.